The smallest absolute Gasteiger partial charge is 0.122 e. The molecule has 19 heavy (non-hydrogen) atoms. The topological polar surface area (TPSA) is 52.0 Å². The first-order valence-electron chi connectivity index (χ1n) is 6.38. The monoisotopic (exact) mass is 260 g/mol. The largest absolute Gasteiger partial charge is 0.497 e. The van der Waals surface area contributed by atoms with Crippen LogP contribution in [0.3, 0.4) is 0 Å². The van der Waals surface area contributed by atoms with E-state index >= 15 is 0 Å². The van der Waals surface area contributed by atoms with Crippen LogP contribution >= 0.6 is 0 Å². The van der Waals surface area contributed by atoms with Gasteiger partial charge in [-0.1, -0.05) is 0 Å². The van der Waals surface area contributed by atoms with Crippen molar-refractivity contribution in [2.45, 2.75) is 19.9 Å². The Bertz CT molecular complexity index is 536. The van der Waals surface area contributed by atoms with Gasteiger partial charge in [0.2, 0.25) is 0 Å². The lowest BCUT2D eigenvalue weighted by molar-refractivity contribution is 0.412. The number of aryl methyl sites for hydroxylation is 2. The molecule has 2 aromatic rings. The Morgan fingerprint density at radius 3 is 2.84 bits per heavy atom. The SMILES string of the molecule is COc1cc(C)nc(CNCCc2ccn(C)n2)c1. The van der Waals surface area contributed by atoms with Crippen LogP contribution in [0.15, 0.2) is 24.4 Å². The van der Waals surface area contributed by atoms with Crippen LogP contribution in [0.25, 0.3) is 0 Å². The molecule has 5 heteroatoms. The van der Waals surface area contributed by atoms with Gasteiger partial charge in [0.05, 0.1) is 18.5 Å². The first-order valence-corrected chi connectivity index (χ1v) is 6.38. The molecule has 0 saturated heterocycles. The minimum atomic E-state index is 0.741. The molecule has 102 valence electrons. The molecular weight excluding hydrogens is 240 g/mol. The summed E-state index contributed by atoms with van der Waals surface area (Å²) in [5.41, 5.74) is 3.07. The van der Waals surface area contributed by atoms with Gasteiger partial charge in [-0.2, -0.15) is 5.10 Å². The number of pyridine rings is 1. The van der Waals surface area contributed by atoms with Crippen LogP contribution in [-0.4, -0.2) is 28.4 Å². The summed E-state index contributed by atoms with van der Waals surface area (Å²) in [7, 11) is 3.60. The summed E-state index contributed by atoms with van der Waals surface area (Å²) in [5, 5.41) is 7.71. The highest BCUT2D eigenvalue weighted by molar-refractivity contribution is 5.26. The summed E-state index contributed by atoms with van der Waals surface area (Å²) in [6.07, 6.45) is 2.88. The second-order valence-corrected chi connectivity index (χ2v) is 4.55. The van der Waals surface area contributed by atoms with Gasteiger partial charge in [0.15, 0.2) is 0 Å². The predicted molar refractivity (Wildman–Crippen MR) is 74.1 cm³/mol. The lowest BCUT2D eigenvalue weighted by Gasteiger charge is -2.07. The van der Waals surface area contributed by atoms with Crippen molar-refractivity contribution in [3.8, 4) is 5.75 Å². The number of ether oxygens (including phenoxy) is 1. The number of nitrogens with one attached hydrogen (secondary N) is 1. The van der Waals surface area contributed by atoms with E-state index in [1.807, 2.05) is 43.0 Å². The molecule has 5 nitrogen and oxygen atoms in total. The van der Waals surface area contributed by atoms with E-state index in [0.717, 1.165) is 42.3 Å². The fraction of sp³-hybridized carbons (Fsp3) is 0.429. The number of methoxy groups -OCH3 is 1. The molecule has 0 aliphatic heterocycles. The van der Waals surface area contributed by atoms with Crippen LogP contribution in [0.2, 0.25) is 0 Å². The molecule has 0 spiro atoms. The molecule has 0 bridgehead atoms. The molecule has 2 rings (SSSR count). The maximum Gasteiger partial charge on any atom is 0.122 e. The molecule has 0 aliphatic carbocycles. The summed E-state index contributed by atoms with van der Waals surface area (Å²) in [4.78, 5) is 4.47. The van der Waals surface area contributed by atoms with Crippen molar-refractivity contribution in [2.75, 3.05) is 13.7 Å². The van der Waals surface area contributed by atoms with Crippen LogP contribution in [0.4, 0.5) is 0 Å². The van der Waals surface area contributed by atoms with E-state index in [1.54, 1.807) is 7.11 Å². The highest BCUT2D eigenvalue weighted by Gasteiger charge is 2.01. The van der Waals surface area contributed by atoms with Crippen molar-refractivity contribution >= 4 is 0 Å². The first kappa shape index (κ1) is 13.5. The van der Waals surface area contributed by atoms with E-state index in [9.17, 15) is 0 Å². The van der Waals surface area contributed by atoms with Gasteiger partial charge in [0.25, 0.3) is 0 Å². The second-order valence-electron chi connectivity index (χ2n) is 4.55. The van der Waals surface area contributed by atoms with Gasteiger partial charge in [0, 0.05) is 50.6 Å². The summed E-state index contributed by atoms with van der Waals surface area (Å²) in [6.45, 7) is 3.60. The standard InChI is InChI=1S/C14H20N4O/c1-11-8-14(19-3)9-13(16-11)10-15-6-4-12-5-7-18(2)17-12/h5,7-9,15H,4,6,10H2,1-3H3. The molecule has 0 amide bonds. The highest BCUT2D eigenvalue weighted by atomic mass is 16.5. The number of nitrogens with zero attached hydrogens (tertiary/aromatic N) is 3. The van der Waals surface area contributed by atoms with E-state index in [-0.39, 0.29) is 0 Å². The van der Waals surface area contributed by atoms with E-state index in [0.29, 0.717) is 0 Å². The molecule has 0 unspecified atom stereocenters. The lowest BCUT2D eigenvalue weighted by atomic mass is 10.2. The van der Waals surface area contributed by atoms with E-state index in [4.69, 9.17) is 4.74 Å². The zero-order valence-electron chi connectivity index (χ0n) is 11.7. The molecule has 2 heterocycles. The summed E-state index contributed by atoms with van der Waals surface area (Å²) in [5.74, 6) is 0.856. The quantitative estimate of drug-likeness (QED) is 0.799. The van der Waals surface area contributed by atoms with Gasteiger partial charge in [-0.3, -0.25) is 9.67 Å². The van der Waals surface area contributed by atoms with Crippen molar-refractivity contribution in [3.63, 3.8) is 0 Å². The maximum absolute atomic E-state index is 5.23. The van der Waals surface area contributed by atoms with Gasteiger partial charge < -0.3 is 10.1 Å². The molecule has 0 aromatic carbocycles. The fourth-order valence-electron chi connectivity index (χ4n) is 1.94. The summed E-state index contributed by atoms with van der Waals surface area (Å²) < 4.78 is 7.06. The fourth-order valence-corrected chi connectivity index (χ4v) is 1.94. The Hall–Kier alpha value is -1.88. The normalized spacial score (nSPS) is 10.7. The Balaban J connectivity index is 1.80. The number of aromatic nitrogens is 3. The molecule has 0 saturated carbocycles. The average molecular weight is 260 g/mol. The zero-order chi connectivity index (χ0) is 13.7. The van der Waals surface area contributed by atoms with Gasteiger partial charge in [-0.15, -0.1) is 0 Å². The molecule has 2 aromatic heterocycles. The molecular formula is C14H20N4O. The number of hydrogen-bond donors (Lipinski definition) is 1. The summed E-state index contributed by atoms with van der Waals surface area (Å²) >= 11 is 0. The average Bonchev–Trinajstić information content (AvgIpc) is 2.80. The van der Waals surface area contributed by atoms with E-state index in [1.165, 1.54) is 0 Å². The third kappa shape index (κ3) is 4.06. The molecule has 0 radical (unpaired) electrons. The maximum atomic E-state index is 5.23. The first-order chi connectivity index (χ1) is 9.17. The minimum Gasteiger partial charge on any atom is -0.497 e. The summed E-state index contributed by atoms with van der Waals surface area (Å²) in [6, 6.07) is 5.92. The van der Waals surface area contributed by atoms with Crippen molar-refractivity contribution in [1.82, 2.24) is 20.1 Å². The molecule has 0 atom stereocenters. The second kappa shape index (κ2) is 6.33. The van der Waals surface area contributed by atoms with Gasteiger partial charge in [0.1, 0.15) is 5.75 Å². The Morgan fingerprint density at radius 1 is 1.32 bits per heavy atom. The number of hydrogen-bond acceptors (Lipinski definition) is 4. The minimum absolute atomic E-state index is 0.741. The van der Waals surface area contributed by atoms with Gasteiger partial charge in [-0.05, 0) is 13.0 Å². The molecule has 0 fully saturated rings. The van der Waals surface area contributed by atoms with Crippen molar-refractivity contribution in [1.29, 1.82) is 0 Å². The van der Waals surface area contributed by atoms with Crippen molar-refractivity contribution < 1.29 is 4.74 Å². The Kier molecular flexibility index (Phi) is 4.52. The third-order valence-corrected chi connectivity index (χ3v) is 2.85. The lowest BCUT2D eigenvalue weighted by Crippen LogP contribution is -2.18. The van der Waals surface area contributed by atoms with E-state index < -0.39 is 0 Å². The van der Waals surface area contributed by atoms with Gasteiger partial charge >= 0.3 is 0 Å². The molecule has 0 aliphatic rings. The number of rotatable bonds is 6. The van der Waals surface area contributed by atoms with Crippen molar-refractivity contribution in [2.24, 2.45) is 7.05 Å². The van der Waals surface area contributed by atoms with Crippen LogP contribution in [0.5, 0.6) is 5.75 Å². The predicted octanol–water partition coefficient (Wildman–Crippen LogP) is 1.46. The Labute approximate surface area is 113 Å². The highest BCUT2D eigenvalue weighted by Crippen LogP contribution is 2.12. The van der Waals surface area contributed by atoms with Crippen LogP contribution in [-0.2, 0) is 20.0 Å². The van der Waals surface area contributed by atoms with Crippen LogP contribution in [0.1, 0.15) is 17.1 Å². The molecule has 1 N–H and O–H groups in total. The van der Waals surface area contributed by atoms with Gasteiger partial charge in [-0.25, -0.2) is 0 Å². The van der Waals surface area contributed by atoms with Crippen molar-refractivity contribution in [3.05, 3.63) is 41.5 Å². The zero-order valence-corrected chi connectivity index (χ0v) is 11.7. The Morgan fingerprint density at radius 2 is 2.16 bits per heavy atom. The van der Waals surface area contributed by atoms with Crippen LogP contribution < -0.4 is 10.1 Å². The third-order valence-electron chi connectivity index (χ3n) is 2.85. The van der Waals surface area contributed by atoms with E-state index in [2.05, 4.69) is 15.4 Å². The van der Waals surface area contributed by atoms with Crippen LogP contribution in [0, 0.1) is 6.92 Å².